The fraction of sp³-hybridized carbons (Fsp3) is 0.348. The number of aromatic carboxylic acids is 1. The summed E-state index contributed by atoms with van der Waals surface area (Å²) < 4.78 is 58.0. The molecule has 0 radical (unpaired) electrons. The molecule has 10 heteroatoms. The number of carbonyl (C=O) groups is 1. The van der Waals surface area contributed by atoms with Crippen molar-refractivity contribution in [3.63, 3.8) is 0 Å². The van der Waals surface area contributed by atoms with Gasteiger partial charge in [0.15, 0.2) is 11.6 Å². The number of carboxylic acid groups (broad SMARTS) is 1. The highest BCUT2D eigenvalue weighted by atomic mass is 19.4. The van der Waals surface area contributed by atoms with Gasteiger partial charge in [-0.3, -0.25) is 4.98 Å². The molecule has 2 N–H and O–H groups in total. The van der Waals surface area contributed by atoms with E-state index in [9.17, 15) is 22.4 Å². The Morgan fingerprint density at radius 2 is 1.85 bits per heavy atom. The Balaban J connectivity index is 1.32. The Labute approximate surface area is 186 Å². The van der Waals surface area contributed by atoms with Crippen LogP contribution in [0.15, 0.2) is 42.7 Å². The number of alkyl halides is 3. The Morgan fingerprint density at radius 3 is 2.45 bits per heavy atom. The van der Waals surface area contributed by atoms with E-state index in [0.717, 1.165) is 37.6 Å². The predicted octanol–water partition coefficient (Wildman–Crippen LogP) is 5.68. The van der Waals surface area contributed by atoms with E-state index >= 15 is 0 Å². The van der Waals surface area contributed by atoms with E-state index in [4.69, 9.17) is 9.84 Å². The van der Waals surface area contributed by atoms with Crippen molar-refractivity contribution in [2.75, 3.05) is 6.61 Å². The molecule has 1 saturated carbocycles. The van der Waals surface area contributed by atoms with Crippen molar-refractivity contribution in [1.29, 1.82) is 0 Å². The minimum atomic E-state index is -4.48. The molecular weight excluding hydrogens is 442 g/mol. The normalized spacial score (nSPS) is 18.8. The smallest absolute Gasteiger partial charge is 0.432 e. The number of carboxylic acids is 1. The summed E-state index contributed by atoms with van der Waals surface area (Å²) in [6, 6.07) is 7.56. The summed E-state index contributed by atoms with van der Waals surface area (Å²) in [5, 5.41) is 9.01. The molecule has 33 heavy (non-hydrogen) atoms. The Morgan fingerprint density at radius 1 is 1.09 bits per heavy atom. The van der Waals surface area contributed by atoms with Crippen LogP contribution in [0.4, 0.5) is 17.6 Å². The zero-order chi connectivity index (χ0) is 23.6. The highest BCUT2D eigenvalue weighted by Crippen LogP contribution is 2.36. The molecular formula is C23H21F4N3O3. The number of rotatable bonds is 6. The number of benzene rings is 1. The third kappa shape index (κ3) is 5.15. The van der Waals surface area contributed by atoms with Gasteiger partial charge in [-0.05, 0) is 55.9 Å². The third-order valence-electron chi connectivity index (χ3n) is 5.87. The van der Waals surface area contributed by atoms with Crippen molar-refractivity contribution in [3.8, 4) is 17.1 Å². The zero-order valence-corrected chi connectivity index (χ0v) is 17.4. The largest absolute Gasteiger partial charge is 0.490 e. The summed E-state index contributed by atoms with van der Waals surface area (Å²) in [7, 11) is 0. The topological polar surface area (TPSA) is 88.1 Å². The lowest BCUT2D eigenvalue weighted by molar-refractivity contribution is -0.140. The van der Waals surface area contributed by atoms with E-state index in [1.54, 1.807) is 12.1 Å². The van der Waals surface area contributed by atoms with Gasteiger partial charge in [-0.15, -0.1) is 0 Å². The molecule has 0 atom stereocenters. The first kappa shape index (κ1) is 22.8. The van der Waals surface area contributed by atoms with Crippen LogP contribution in [0.5, 0.6) is 5.75 Å². The van der Waals surface area contributed by atoms with Crippen LogP contribution >= 0.6 is 0 Å². The van der Waals surface area contributed by atoms with Gasteiger partial charge in [-0.2, -0.15) is 13.2 Å². The lowest BCUT2D eigenvalue weighted by atomic mass is 9.80. The van der Waals surface area contributed by atoms with Crippen molar-refractivity contribution in [2.45, 2.75) is 37.8 Å². The number of aromatic amines is 1. The van der Waals surface area contributed by atoms with Crippen LogP contribution in [-0.2, 0) is 6.18 Å². The van der Waals surface area contributed by atoms with E-state index in [2.05, 4.69) is 15.0 Å². The quantitative estimate of drug-likeness (QED) is 0.459. The second-order valence-electron chi connectivity index (χ2n) is 8.07. The number of pyridine rings is 1. The molecule has 1 aromatic carbocycles. The SMILES string of the molecule is O=C(O)c1cccc(OCC2CCC(c3ccc(-c4ncc(C(F)(F)F)[nH]4)cn3)CC2)c1F. The van der Waals surface area contributed by atoms with Gasteiger partial charge in [0.25, 0.3) is 0 Å². The molecule has 174 valence electrons. The van der Waals surface area contributed by atoms with E-state index in [1.165, 1.54) is 24.4 Å². The number of imidazole rings is 1. The molecule has 1 aliphatic rings. The Bertz CT molecular complexity index is 1120. The average molecular weight is 463 g/mol. The molecule has 2 aromatic heterocycles. The number of nitrogens with one attached hydrogen (secondary N) is 1. The molecule has 0 amide bonds. The molecule has 1 aliphatic carbocycles. The fourth-order valence-electron chi connectivity index (χ4n) is 4.02. The predicted molar refractivity (Wildman–Crippen MR) is 110 cm³/mol. The molecule has 0 aliphatic heterocycles. The number of nitrogens with zero attached hydrogens (tertiary/aromatic N) is 2. The van der Waals surface area contributed by atoms with Gasteiger partial charge in [0.05, 0.1) is 18.4 Å². The van der Waals surface area contributed by atoms with Gasteiger partial charge in [-0.25, -0.2) is 14.2 Å². The van der Waals surface area contributed by atoms with Crippen LogP contribution in [0.3, 0.4) is 0 Å². The Hall–Kier alpha value is -3.43. The summed E-state index contributed by atoms with van der Waals surface area (Å²) in [6.45, 7) is 0.291. The van der Waals surface area contributed by atoms with Gasteiger partial charge in [0.2, 0.25) is 0 Å². The van der Waals surface area contributed by atoms with E-state index in [-0.39, 0.29) is 23.4 Å². The van der Waals surface area contributed by atoms with Crippen molar-refractivity contribution in [2.24, 2.45) is 5.92 Å². The lowest BCUT2D eigenvalue weighted by Crippen LogP contribution is -2.20. The van der Waals surface area contributed by atoms with E-state index in [1.807, 2.05) is 0 Å². The molecule has 4 rings (SSSR count). The highest BCUT2D eigenvalue weighted by Gasteiger charge is 2.33. The molecule has 0 spiro atoms. The standard InChI is InChI=1S/C23H21F4N3O3/c24-20-16(22(31)32)2-1-3-18(20)33-12-13-4-6-14(7-5-13)17-9-8-15(10-28-17)21-29-11-19(30-21)23(25,26)27/h1-3,8-11,13-14H,4-7,12H2,(H,29,30)(H,31,32). The third-order valence-corrected chi connectivity index (χ3v) is 5.87. The second kappa shape index (κ2) is 9.21. The number of ether oxygens (including phenoxy) is 1. The van der Waals surface area contributed by atoms with E-state index in [0.29, 0.717) is 12.2 Å². The average Bonchev–Trinajstić information content (AvgIpc) is 3.30. The van der Waals surface area contributed by atoms with Crippen molar-refractivity contribution < 1.29 is 32.2 Å². The monoisotopic (exact) mass is 463 g/mol. The maximum Gasteiger partial charge on any atom is 0.432 e. The van der Waals surface area contributed by atoms with Gasteiger partial charge in [0, 0.05) is 23.4 Å². The van der Waals surface area contributed by atoms with Crippen molar-refractivity contribution in [3.05, 3.63) is 65.5 Å². The molecule has 0 saturated heterocycles. The van der Waals surface area contributed by atoms with Gasteiger partial charge < -0.3 is 14.8 Å². The van der Waals surface area contributed by atoms with Crippen LogP contribution < -0.4 is 4.74 Å². The second-order valence-corrected chi connectivity index (χ2v) is 8.07. The molecule has 2 heterocycles. The van der Waals surface area contributed by atoms with Crippen LogP contribution in [0.1, 0.15) is 53.3 Å². The number of halogens is 4. The summed E-state index contributed by atoms with van der Waals surface area (Å²) in [5.74, 6) is -1.75. The molecule has 6 nitrogen and oxygen atoms in total. The summed E-state index contributed by atoms with van der Waals surface area (Å²) in [5.41, 5.74) is 0.00877. The van der Waals surface area contributed by atoms with Crippen molar-refractivity contribution in [1.82, 2.24) is 15.0 Å². The summed E-state index contributed by atoms with van der Waals surface area (Å²) in [6.07, 6.45) is 1.15. The first-order chi connectivity index (χ1) is 15.7. The lowest BCUT2D eigenvalue weighted by Gasteiger charge is -2.28. The first-order valence-corrected chi connectivity index (χ1v) is 10.5. The van der Waals surface area contributed by atoms with Crippen LogP contribution in [-0.4, -0.2) is 32.6 Å². The number of H-pyrrole nitrogens is 1. The number of hydrogen-bond donors (Lipinski definition) is 2. The zero-order valence-electron chi connectivity index (χ0n) is 17.4. The van der Waals surface area contributed by atoms with Gasteiger partial charge in [0.1, 0.15) is 11.5 Å². The number of aromatic nitrogens is 3. The van der Waals surface area contributed by atoms with Gasteiger partial charge in [-0.1, -0.05) is 6.07 Å². The Kier molecular flexibility index (Phi) is 6.35. The molecule has 0 unspecified atom stereocenters. The van der Waals surface area contributed by atoms with Crippen LogP contribution in [0.25, 0.3) is 11.4 Å². The maximum absolute atomic E-state index is 14.2. The molecule has 0 bridgehead atoms. The fourth-order valence-corrected chi connectivity index (χ4v) is 4.02. The molecule has 1 fully saturated rings. The summed E-state index contributed by atoms with van der Waals surface area (Å²) in [4.78, 5) is 21.5. The van der Waals surface area contributed by atoms with Crippen LogP contribution in [0.2, 0.25) is 0 Å². The maximum atomic E-state index is 14.2. The number of hydrogen-bond acceptors (Lipinski definition) is 4. The van der Waals surface area contributed by atoms with Crippen molar-refractivity contribution >= 4 is 5.97 Å². The van der Waals surface area contributed by atoms with E-state index < -0.39 is 29.2 Å². The minimum Gasteiger partial charge on any atom is -0.490 e. The van der Waals surface area contributed by atoms with Crippen LogP contribution in [0, 0.1) is 11.7 Å². The first-order valence-electron chi connectivity index (χ1n) is 10.5. The molecule has 3 aromatic rings. The van der Waals surface area contributed by atoms with Gasteiger partial charge >= 0.3 is 12.1 Å². The highest BCUT2D eigenvalue weighted by molar-refractivity contribution is 5.88. The minimum absolute atomic E-state index is 0.0686. The summed E-state index contributed by atoms with van der Waals surface area (Å²) >= 11 is 0.